The average molecular weight is 276 g/mol. The van der Waals surface area contributed by atoms with Crippen molar-refractivity contribution in [3.63, 3.8) is 0 Å². The zero-order valence-electron chi connectivity index (χ0n) is 11.3. The molecule has 1 saturated carbocycles. The van der Waals surface area contributed by atoms with Crippen molar-refractivity contribution < 1.29 is 9.53 Å². The van der Waals surface area contributed by atoms with Gasteiger partial charge in [-0.2, -0.15) is 5.10 Å². The third-order valence-corrected chi connectivity index (χ3v) is 3.70. The van der Waals surface area contributed by atoms with E-state index in [1.54, 1.807) is 7.05 Å². The Kier molecular flexibility index (Phi) is 3.25. The van der Waals surface area contributed by atoms with Gasteiger partial charge in [-0.05, 0) is 18.8 Å². The molecule has 1 aliphatic rings. The maximum absolute atomic E-state index is 11.8. The van der Waals surface area contributed by atoms with E-state index in [9.17, 15) is 9.59 Å². The monoisotopic (exact) mass is 276 g/mol. The third kappa shape index (κ3) is 2.43. The van der Waals surface area contributed by atoms with Gasteiger partial charge in [-0.3, -0.25) is 14.3 Å². The molecule has 1 N–H and O–H groups in total. The van der Waals surface area contributed by atoms with Crippen LogP contribution in [-0.4, -0.2) is 25.7 Å². The Morgan fingerprint density at radius 1 is 1.55 bits per heavy atom. The number of carbonyl (C=O) groups excluding carboxylic acids is 1. The fourth-order valence-corrected chi connectivity index (χ4v) is 2.29. The lowest BCUT2D eigenvalue weighted by Gasteiger charge is -2.23. The number of fused-ring (bicyclic) bond motifs is 1. The molecule has 0 aliphatic heterocycles. The summed E-state index contributed by atoms with van der Waals surface area (Å²) < 4.78 is 6.67. The van der Waals surface area contributed by atoms with Gasteiger partial charge in [-0.15, -0.1) is 0 Å². The van der Waals surface area contributed by atoms with Gasteiger partial charge in [0.05, 0.1) is 6.20 Å². The molecule has 2 heterocycles. The first kappa shape index (κ1) is 12.8. The number of carbonyl (C=O) groups is 1. The van der Waals surface area contributed by atoms with Crippen molar-refractivity contribution in [2.24, 2.45) is 13.0 Å². The van der Waals surface area contributed by atoms with Crippen LogP contribution in [0.4, 0.5) is 0 Å². The van der Waals surface area contributed by atoms with Crippen LogP contribution in [0.1, 0.15) is 31.5 Å². The highest BCUT2D eigenvalue weighted by atomic mass is 16.5. The van der Waals surface area contributed by atoms with Gasteiger partial charge < -0.3 is 9.72 Å². The van der Waals surface area contributed by atoms with Crippen molar-refractivity contribution >= 4 is 17.0 Å². The summed E-state index contributed by atoms with van der Waals surface area (Å²) in [5.74, 6) is 0.574. The number of hydrogen-bond donors (Lipinski definition) is 1. The Bertz CT molecular complexity index is 699. The van der Waals surface area contributed by atoms with E-state index in [2.05, 4.69) is 15.1 Å². The van der Waals surface area contributed by atoms with Gasteiger partial charge in [0, 0.05) is 13.5 Å². The van der Waals surface area contributed by atoms with Gasteiger partial charge in [-0.1, -0.05) is 6.42 Å². The predicted octanol–water partition coefficient (Wildman–Crippen LogP) is 0.890. The lowest BCUT2D eigenvalue weighted by molar-refractivity contribution is -0.147. The summed E-state index contributed by atoms with van der Waals surface area (Å²) in [6, 6.07) is 0. The van der Waals surface area contributed by atoms with E-state index >= 15 is 0 Å². The molecule has 0 spiro atoms. The van der Waals surface area contributed by atoms with Crippen LogP contribution in [0.25, 0.3) is 11.0 Å². The molecule has 0 saturated heterocycles. The molecule has 0 radical (unpaired) electrons. The molecule has 7 heteroatoms. The second-order valence-electron chi connectivity index (χ2n) is 5.18. The highest BCUT2D eigenvalue weighted by molar-refractivity contribution is 5.73. The lowest BCUT2D eigenvalue weighted by Crippen LogP contribution is -2.19. The Balaban J connectivity index is 1.69. The Morgan fingerprint density at radius 2 is 2.35 bits per heavy atom. The molecular weight excluding hydrogens is 260 g/mol. The molecular formula is C13H16N4O3. The van der Waals surface area contributed by atoms with E-state index in [4.69, 9.17) is 4.74 Å². The predicted molar refractivity (Wildman–Crippen MR) is 70.9 cm³/mol. The molecule has 0 aromatic carbocycles. The summed E-state index contributed by atoms with van der Waals surface area (Å²) in [5.41, 5.74) is 0.215. The number of H-pyrrole nitrogens is 1. The minimum atomic E-state index is -0.270. The lowest BCUT2D eigenvalue weighted by atomic mass is 9.83. The van der Waals surface area contributed by atoms with Crippen LogP contribution in [-0.2, 0) is 23.2 Å². The van der Waals surface area contributed by atoms with Crippen LogP contribution in [0, 0.1) is 5.92 Å². The molecule has 20 heavy (non-hydrogen) atoms. The molecule has 2 aromatic rings. The van der Waals surface area contributed by atoms with Crippen LogP contribution in [0.15, 0.2) is 11.0 Å². The number of ether oxygens (including phenoxy) is 1. The van der Waals surface area contributed by atoms with Gasteiger partial charge in [0.15, 0.2) is 5.65 Å². The number of nitrogens with one attached hydrogen (secondary N) is 1. The molecule has 2 aromatic heterocycles. The first-order valence-electron chi connectivity index (χ1n) is 6.70. The van der Waals surface area contributed by atoms with E-state index in [1.807, 2.05) is 0 Å². The van der Waals surface area contributed by atoms with Crippen LogP contribution in [0.3, 0.4) is 0 Å². The van der Waals surface area contributed by atoms with Gasteiger partial charge in [0.1, 0.15) is 17.8 Å². The fraction of sp³-hybridized carbons (Fsp3) is 0.538. The van der Waals surface area contributed by atoms with Crippen LogP contribution in [0.5, 0.6) is 0 Å². The number of aryl methyl sites for hydroxylation is 1. The van der Waals surface area contributed by atoms with Crippen LogP contribution >= 0.6 is 0 Å². The highest BCUT2D eigenvalue weighted by Crippen LogP contribution is 2.29. The molecule has 0 bridgehead atoms. The Hall–Kier alpha value is -2.18. The van der Waals surface area contributed by atoms with Crippen molar-refractivity contribution in [1.29, 1.82) is 0 Å². The average Bonchev–Trinajstić information content (AvgIpc) is 2.74. The van der Waals surface area contributed by atoms with E-state index in [0.717, 1.165) is 12.8 Å². The largest absolute Gasteiger partial charge is 0.458 e. The zero-order chi connectivity index (χ0) is 14.1. The maximum Gasteiger partial charge on any atom is 0.306 e. The van der Waals surface area contributed by atoms with Crippen molar-refractivity contribution in [1.82, 2.24) is 19.7 Å². The molecule has 3 rings (SSSR count). The summed E-state index contributed by atoms with van der Waals surface area (Å²) in [7, 11) is 1.71. The minimum Gasteiger partial charge on any atom is -0.458 e. The van der Waals surface area contributed by atoms with E-state index < -0.39 is 0 Å². The summed E-state index contributed by atoms with van der Waals surface area (Å²) >= 11 is 0. The number of hydrogen-bond acceptors (Lipinski definition) is 5. The van der Waals surface area contributed by atoms with Crippen LogP contribution in [0.2, 0.25) is 0 Å². The van der Waals surface area contributed by atoms with Crippen molar-refractivity contribution in [2.45, 2.75) is 32.3 Å². The third-order valence-electron chi connectivity index (χ3n) is 3.70. The number of nitrogens with zero attached hydrogens (tertiary/aromatic N) is 3. The highest BCUT2D eigenvalue weighted by Gasteiger charge is 2.21. The van der Waals surface area contributed by atoms with Gasteiger partial charge in [0.25, 0.3) is 5.56 Å². The fourth-order valence-electron chi connectivity index (χ4n) is 2.29. The van der Waals surface area contributed by atoms with Crippen molar-refractivity contribution in [2.75, 3.05) is 0 Å². The number of aromatic nitrogens is 4. The molecule has 106 valence electrons. The maximum atomic E-state index is 11.8. The van der Waals surface area contributed by atoms with Crippen LogP contribution < -0.4 is 5.56 Å². The Labute approximate surface area is 115 Å². The first-order chi connectivity index (χ1) is 9.63. The van der Waals surface area contributed by atoms with E-state index in [-0.39, 0.29) is 18.1 Å². The molecule has 7 nitrogen and oxygen atoms in total. The molecule has 0 unspecified atom stereocenters. The molecule has 1 fully saturated rings. The summed E-state index contributed by atoms with van der Waals surface area (Å²) in [5, 5.41) is 4.41. The standard InChI is InChI=1S/C13H16N4O3/c1-17-12-9(6-14-17)13(19)16-10(15-12)7-20-11(18)5-8-3-2-4-8/h6,8H,2-5,7H2,1H3,(H,15,16,19). The SMILES string of the molecule is Cn1ncc2c(=O)[nH]c(COC(=O)CC3CCC3)nc21. The summed E-state index contributed by atoms with van der Waals surface area (Å²) in [6.07, 6.45) is 5.33. The van der Waals surface area contributed by atoms with Crippen molar-refractivity contribution in [3.05, 3.63) is 22.4 Å². The number of esters is 1. The second-order valence-corrected chi connectivity index (χ2v) is 5.18. The normalized spacial score (nSPS) is 15.2. The smallest absolute Gasteiger partial charge is 0.306 e. The minimum absolute atomic E-state index is 0.0120. The van der Waals surface area contributed by atoms with Gasteiger partial charge >= 0.3 is 5.97 Å². The van der Waals surface area contributed by atoms with Crippen molar-refractivity contribution in [3.8, 4) is 0 Å². The van der Waals surface area contributed by atoms with E-state index in [1.165, 1.54) is 17.3 Å². The quantitative estimate of drug-likeness (QED) is 0.837. The summed E-state index contributed by atoms with van der Waals surface area (Å²) in [6.45, 7) is -0.0120. The molecule has 0 amide bonds. The number of aromatic amines is 1. The topological polar surface area (TPSA) is 89.9 Å². The van der Waals surface area contributed by atoms with E-state index in [0.29, 0.717) is 29.2 Å². The molecule has 0 atom stereocenters. The first-order valence-corrected chi connectivity index (χ1v) is 6.70. The Morgan fingerprint density at radius 3 is 3.05 bits per heavy atom. The molecule has 1 aliphatic carbocycles. The van der Waals surface area contributed by atoms with Gasteiger partial charge in [0.2, 0.25) is 0 Å². The number of rotatable bonds is 4. The van der Waals surface area contributed by atoms with Gasteiger partial charge in [-0.25, -0.2) is 4.98 Å². The second kappa shape index (κ2) is 5.07. The summed E-state index contributed by atoms with van der Waals surface area (Å²) in [4.78, 5) is 30.3. The zero-order valence-corrected chi connectivity index (χ0v) is 11.3.